The fraction of sp³-hybridized carbons (Fsp3) is 0.308. The number of hydrogen-bond acceptors (Lipinski definition) is 5. The Morgan fingerprint density at radius 1 is 1.03 bits per heavy atom. The van der Waals surface area contributed by atoms with E-state index in [1.165, 1.54) is 10.5 Å². The monoisotopic (exact) mass is 498 g/mol. The molecule has 0 bridgehead atoms. The van der Waals surface area contributed by atoms with Crippen LogP contribution >= 0.6 is 22.9 Å². The lowest BCUT2D eigenvalue weighted by Crippen LogP contribution is -2.50. The lowest BCUT2D eigenvalue weighted by molar-refractivity contribution is -0.153. The number of aliphatic hydroxyl groups excluding tert-OH is 2. The number of hydrogen-bond donors (Lipinski definition) is 3. The van der Waals surface area contributed by atoms with Gasteiger partial charge in [0.25, 0.3) is 11.8 Å². The normalized spacial score (nSPS) is 17.4. The minimum Gasteiger partial charge on any atom is -0.380 e. The van der Waals surface area contributed by atoms with Crippen molar-refractivity contribution in [1.82, 2.24) is 10.2 Å². The molecular weight excluding hydrogens is 472 g/mol. The van der Waals surface area contributed by atoms with Crippen LogP contribution in [0.15, 0.2) is 66.7 Å². The van der Waals surface area contributed by atoms with Gasteiger partial charge in [0.15, 0.2) is 12.2 Å². The molecule has 3 N–H and O–H groups in total. The van der Waals surface area contributed by atoms with E-state index < -0.39 is 24.0 Å². The van der Waals surface area contributed by atoms with Crippen LogP contribution in [0, 0.1) is 0 Å². The van der Waals surface area contributed by atoms with E-state index in [9.17, 15) is 19.8 Å². The fourth-order valence-corrected chi connectivity index (χ4v) is 5.42. The molecule has 178 valence electrons. The molecule has 6 nitrogen and oxygen atoms in total. The molecule has 2 unspecified atom stereocenters. The summed E-state index contributed by atoms with van der Waals surface area (Å²) in [4.78, 5) is 29.0. The summed E-state index contributed by atoms with van der Waals surface area (Å²) in [6.45, 7) is 0.659. The van der Waals surface area contributed by atoms with Crippen LogP contribution in [0.1, 0.15) is 39.8 Å². The maximum atomic E-state index is 12.9. The summed E-state index contributed by atoms with van der Waals surface area (Å²) in [5.74, 6) is -1.44. The zero-order valence-electron chi connectivity index (χ0n) is 18.6. The number of benzene rings is 2. The first kappa shape index (κ1) is 24.4. The van der Waals surface area contributed by atoms with E-state index in [0.717, 1.165) is 34.6 Å². The molecule has 1 saturated heterocycles. The summed E-state index contributed by atoms with van der Waals surface area (Å²) < 4.78 is 0. The van der Waals surface area contributed by atoms with Crippen molar-refractivity contribution in [3.63, 3.8) is 0 Å². The zero-order chi connectivity index (χ0) is 24.1. The molecule has 1 fully saturated rings. The second kappa shape index (κ2) is 11.1. The number of halogens is 1. The molecule has 4 rings (SSSR count). The van der Waals surface area contributed by atoms with E-state index in [2.05, 4.69) is 17.4 Å². The number of carbonyl (C=O) groups is 2. The van der Waals surface area contributed by atoms with Crippen LogP contribution in [0.25, 0.3) is 0 Å². The van der Waals surface area contributed by atoms with E-state index >= 15 is 0 Å². The van der Waals surface area contributed by atoms with Crippen molar-refractivity contribution in [2.24, 2.45) is 0 Å². The predicted molar refractivity (Wildman–Crippen MR) is 133 cm³/mol. The molecule has 34 heavy (non-hydrogen) atoms. The van der Waals surface area contributed by atoms with Gasteiger partial charge < -0.3 is 20.4 Å². The molecule has 3 aromatic rings. The molecule has 0 saturated carbocycles. The molecule has 3 atom stereocenters. The van der Waals surface area contributed by atoms with Gasteiger partial charge in [0.1, 0.15) is 0 Å². The topological polar surface area (TPSA) is 89.9 Å². The summed E-state index contributed by atoms with van der Waals surface area (Å²) in [6, 6.07) is 21.0. The molecule has 1 aromatic heterocycles. The quantitative estimate of drug-likeness (QED) is 0.442. The van der Waals surface area contributed by atoms with Crippen LogP contribution in [-0.2, 0) is 22.6 Å². The highest BCUT2D eigenvalue weighted by molar-refractivity contribution is 7.12. The van der Waals surface area contributed by atoms with Crippen LogP contribution in [0.3, 0.4) is 0 Å². The third-order valence-electron chi connectivity index (χ3n) is 5.97. The Hall–Kier alpha value is -2.71. The Bertz CT molecular complexity index is 1140. The highest BCUT2D eigenvalue weighted by atomic mass is 35.5. The number of thiophene rings is 1. The molecule has 2 heterocycles. The van der Waals surface area contributed by atoms with Gasteiger partial charge in [0.2, 0.25) is 0 Å². The maximum absolute atomic E-state index is 12.9. The van der Waals surface area contributed by atoms with Gasteiger partial charge >= 0.3 is 0 Å². The second-order valence-corrected chi connectivity index (χ2v) is 10.1. The van der Waals surface area contributed by atoms with Crippen LogP contribution in [-0.4, -0.2) is 45.7 Å². The highest BCUT2D eigenvalue weighted by Gasteiger charge is 2.38. The molecular formula is C26H27ClN2O4S. The number of rotatable bonds is 8. The van der Waals surface area contributed by atoms with Crippen LogP contribution in [0.5, 0.6) is 0 Å². The SMILES string of the molecule is O=C(NCc1ccc(Cc2ccccc2)s1)[C@H](O)C(O)C(=O)N1CCCC1c1cccc(Cl)c1. The van der Waals surface area contributed by atoms with Crippen molar-refractivity contribution < 1.29 is 19.8 Å². The lowest BCUT2D eigenvalue weighted by atomic mass is 10.0. The van der Waals surface area contributed by atoms with E-state index in [-0.39, 0.29) is 12.6 Å². The zero-order valence-corrected chi connectivity index (χ0v) is 20.1. The van der Waals surface area contributed by atoms with Crippen molar-refractivity contribution in [2.45, 2.75) is 44.1 Å². The van der Waals surface area contributed by atoms with Crippen LogP contribution in [0.2, 0.25) is 5.02 Å². The van der Waals surface area contributed by atoms with Gasteiger partial charge in [0.05, 0.1) is 12.6 Å². The smallest absolute Gasteiger partial charge is 0.255 e. The van der Waals surface area contributed by atoms with Crippen LogP contribution < -0.4 is 5.32 Å². The summed E-state index contributed by atoms with van der Waals surface area (Å²) in [6.07, 6.45) is -1.39. The Labute approximate surface area is 207 Å². The average Bonchev–Trinajstić information content (AvgIpc) is 3.51. The Morgan fingerprint density at radius 2 is 1.79 bits per heavy atom. The third-order valence-corrected chi connectivity index (χ3v) is 7.29. The number of aliphatic hydroxyl groups is 2. The van der Waals surface area contributed by atoms with E-state index in [1.54, 1.807) is 23.5 Å². The average molecular weight is 499 g/mol. The Kier molecular flexibility index (Phi) is 8.00. The molecule has 1 aliphatic heterocycles. The van der Waals surface area contributed by atoms with Gasteiger partial charge in [-0.1, -0.05) is 54.1 Å². The summed E-state index contributed by atoms with van der Waals surface area (Å²) in [5.41, 5.74) is 2.07. The molecule has 1 aliphatic rings. The summed E-state index contributed by atoms with van der Waals surface area (Å²) >= 11 is 7.66. The Morgan fingerprint density at radius 3 is 2.56 bits per heavy atom. The van der Waals surface area contributed by atoms with E-state index in [1.807, 2.05) is 42.5 Å². The van der Waals surface area contributed by atoms with Crippen molar-refractivity contribution in [3.8, 4) is 0 Å². The van der Waals surface area contributed by atoms with Crippen molar-refractivity contribution in [2.75, 3.05) is 6.54 Å². The van der Waals surface area contributed by atoms with Gasteiger partial charge in [0, 0.05) is 27.7 Å². The molecule has 2 aromatic carbocycles. The number of likely N-dealkylation sites (tertiary alicyclic amines) is 1. The predicted octanol–water partition coefficient (Wildman–Crippen LogP) is 3.69. The number of nitrogens with one attached hydrogen (secondary N) is 1. The lowest BCUT2D eigenvalue weighted by Gasteiger charge is -2.28. The summed E-state index contributed by atoms with van der Waals surface area (Å²) in [7, 11) is 0. The molecule has 0 aliphatic carbocycles. The number of nitrogens with zero attached hydrogens (tertiary/aromatic N) is 1. The fourth-order valence-electron chi connectivity index (χ4n) is 4.23. The minimum atomic E-state index is -1.85. The third kappa shape index (κ3) is 5.85. The molecule has 0 spiro atoms. The van der Waals surface area contributed by atoms with Crippen molar-refractivity contribution >= 4 is 34.8 Å². The van der Waals surface area contributed by atoms with Gasteiger partial charge in [-0.15, -0.1) is 11.3 Å². The standard InChI is InChI=1S/C26H27ClN2O4S/c27-19-9-4-8-18(15-19)22-10-5-13-29(22)26(33)24(31)23(30)25(32)28-16-21-12-11-20(34-21)14-17-6-2-1-3-7-17/h1-4,6-9,11-12,15,22-24,30-31H,5,10,13-14,16H2,(H,28,32)/t22?,23-,24?/m1/s1. The first-order chi connectivity index (χ1) is 16.4. The minimum absolute atomic E-state index is 0.213. The van der Waals surface area contributed by atoms with Gasteiger partial charge in [-0.25, -0.2) is 0 Å². The first-order valence-electron chi connectivity index (χ1n) is 11.2. The van der Waals surface area contributed by atoms with Crippen LogP contribution in [0.4, 0.5) is 0 Å². The summed E-state index contributed by atoms with van der Waals surface area (Å²) in [5, 5.41) is 24.0. The van der Waals surface area contributed by atoms with Crippen molar-refractivity contribution in [1.29, 1.82) is 0 Å². The van der Waals surface area contributed by atoms with Crippen molar-refractivity contribution in [3.05, 3.63) is 92.6 Å². The molecule has 2 amide bonds. The van der Waals surface area contributed by atoms with E-state index in [4.69, 9.17) is 11.6 Å². The number of carbonyl (C=O) groups excluding carboxylic acids is 2. The second-order valence-electron chi connectivity index (χ2n) is 8.38. The van der Waals surface area contributed by atoms with Gasteiger partial charge in [-0.05, 0) is 48.2 Å². The molecule has 8 heteroatoms. The van der Waals surface area contributed by atoms with E-state index in [0.29, 0.717) is 11.6 Å². The highest BCUT2D eigenvalue weighted by Crippen LogP contribution is 2.33. The molecule has 0 radical (unpaired) electrons. The first-order valence-corrected chi connectivity index (χ1v) is 12.4. The maximum Gasteiger partial charge on any atom is 0.255 e. The van der Waals surface area contributed by atoms with Gasteiger partial charge in [-0.3, -0.25) is 9.59 Å². The largest absolute Gasteiger partial charge is 0.380 e. The number of amides is 2. The van der Waals surface area contributed by atoms with Gasteiger partial charge in [-0.2, -0.15) is 0 Å². The Balaban J connectivity index is 1.32.